The van der Waals surface area contributed by atoms with Crippen LogP contribution in [0.3, 0.4) is 0 Å². The second kappa shape index (κ2) is 8.98. The van der Waals surface area contributed by atoms with Gasteiger partial charge in [-0.3, -0.25) is 9.67 Å². The predicted molar refractivity (Wildman–Crippen MR) is 121 cm³/mol. The Morgan fingerprint density at radius 3 is 2.63 bits per heavy atom. The number of aryl methyl sites for hydroxylation is 1. The monoisotopic (exact) mass is 413 g/mol. The maximum absolute atomic E-state index is 5.76. The second-order valence-corrected chi connectivity index (χ2v) is 8.87. The first-order valence-corrected chi connectivity index (χ1v) is 10.6. The molecule has 0 radical (unpaired) electrons. The zero-order chi connectivity index (χ0) is 21.9. The Morgan fingerprint density at radius 2 is 1.97 bits per heavy atom. The predicted octanol–water partition coefficient (Wildman–Crippen LogP) is 3.30. The van der Waals surface area contributed by atoms with Crippen molar-refractivity contribution in [1.29, 1.82) is 0 Å². The van der Waals surface area contributed by atoms with Gasteiger partial charge in [-0.25, -0.2) is 0 Å². The van der Waals surface area contributed by atoms with Crippen LogP contribution in [0.2, 0.25) is 0 Å². The van der Waals surface area contributed by atoms with Crippen molar-refractivity contribution in [2.24, 2.45) is 12.0 Å². The Bertz CT molecular complexity index is 901. The maximum atomic E-state index is 5.76. The highest BCUT2D eigenvalue weighted by molar-refractivity contribution is 5.79. The summed E-state index contributed by atoms with van der Waals surface area (Å²) < 4.78 is 13.3. The molecule has 7 nitrogen and oxygen atoms in total. The molecular formula is C23H35N5O2. The van der Waals surface area contributed by atoms with E-state index in [1.54, 1.807) is 0 Å². The van der Waals surface area contributed by atoms with Crippen molar-refractivity contribution < 1.29 is 9.47 Å². The molecule has 0 amide bonds. The van der Waals surface area contributed by atoms with Gasteiger partial charge in [0.05, 0.1) is 5.69 Å². The third-order valence-corrected chi connectivity index (χ3v) is 5.48. The van der Waals surface area contributed by atoms with E-state index in [4.69, 9.17) is 9.47 Å². The molecule has 0 spiro atoms. The number of hydrogen-bond donors (Lipinski definition) is 1. The molecule has 3 rings (SSSR count). The van der Waals surface area contributed by atoms with Crippen LogP contribution in [0, 0.1) is 0 Å². The van der Waals surface area contributed by atoms with E-state index >= 15 is 0 Å². The summed E-state index contributed by atoms with van der Waals surface area (Å²) in [7, 11) is 5.85. The fourth-order valence-corrected chi connectivity index (χ4v) is 3.74. The summed E-state index contributed by atoms with van der Waals surface area (Å²) in [6.45, 7) is 11.5. The topological polar surface area (TPSA) is 63.9 Å². The van der Waals surface area contributed by atoms with Gasteiger partial charge >= 0.3 is 0 Å². The van der Waals surface area contributed by atoms with Gasteiger partial charge in [-0.2, -0.15) is 5.10 Å². The van der Waals surface area contributed by atoms with Gasteiger partial charge < -0.3 is 19.7 Å². The Labute approximate surface area is 180 Å². The minimum atomic E-state index is -0.107. The average molecular weight is 414 g/mol. The molecule has 2 heterocycles. The van der Waals surface area contributed by atoms with Gasteiger partial charge in [0.25, 0.3) is 0 Å². The normalized spacial score (nSPS) is 14.2. The van der Waals surface area contributed by atoms with E-state index < -0.39 is 0 Å². The SMILES string of the molecule is CN=C(NCC(C)(C)c1ccc2c(c1)OCCO2)N(C)Cc1cn(C)nc1C(C)C. The van der Waals surface area contributed by atoms with Crippen molar-refractivity contribution in [3.63, 3.8) is 0 Å². The van der Waals surface area contributed by atoms with E-state index in [9.17, 15) is 0 Å². The number of ether oxygens (including phenoxy) is 2. The lowest BCUT2D eigenvalue weighted by molar-refractivity contribution is 0.171. The van der Waals surface area contributed by atoms with E-state index in [-0.39, 0.29) is 5.41 Å². The van der Waals surface area contributed by atoms with Gasteiger partial charge in [-0.15, -0.1) is 0 Å². The van der Waals surface area contributed by atoms with E-state index in [1.165, 1.54) is 11.1 Å². The van der Waals surface area contributed by atoms with Crippen LogP contribution in [-0.4, -0.2) is 54.5 Å². The van der Waals surface area contributed by atoms with Gasteiger partial charge in [-0.05, 0) is 23.6 Å². The summed E-state index contributed by atoms with van der Waals surface area (Å²) in [6.07, 6.45) is 2.10. The van der Waals surface area contributed by atoms with Crippen molar-refractivity contribution in [3.8, 4) is 11.5 Å². The third-order valence-electron chi connectivity index (χ3n) is 5.48. The smallest absolute Gasteiger partial charge is 0.193 e. The molecular weight excluding hydrogens is 378 g/mol. The van der Waals surface area contributed by atoms with Crippen LogP contribution in [0.1, 0.15) is 50.4 Å². The molecule has 0 atom stereocenters. The lowest BCUT2D eigenvalue weighted by Crippen LogP contribution is -2.44. The van der Waals surface area contributed by atoms with Crippen LogP contribution < -0.4 is 14.8 Å². The highest BCUT2D eigenvalue weighted by atomic mass is 16.6. The molecule has 1 aromatic heterocycles. The number of aromatic nitrogens is 2. The minimum Gasteiger partial charge on any atom is -0.486 e. The third kappa shape index (κ3) is 4.89. The first-order valence-electron chi connectivity index (χ1n) is 10.6. The van der Waals surface area contributed by atoms with Crippen LogP contribution in [0.5, 0.6) is 11.5 Å². The number of nitrogens with one attached hydrogen (secondary N) is 1. The van der Waals surface area contributed by atoms with Gasteiger partial charge in [0, 0.05) is 51.4 Å². The van der Waals surface area contributed by atoms with E-state index in [0.29, 0.717) is 19.1 Å². The molecule has 2 aromatic rings. The number of rotatable bonds is 6. The van der Waals surface area contributed by atoms with Crippen LogP contribution in [0.4, 0.5) is 0 Å². The number of fused-ring (bicyclic) bond motifs is 1. The average Bonchev–Trinajstić information content (AvgIpc) is 3.08. The number of nitrogens with zero attached hydrogens (tertiary/aromatic N) is 4. The number of guanidine groups is 1. The molecule has 1 aliphatic heterocycles. The summed E-state index contributed by atoms with van der Waals surface area (Å²) >= 11 is 0. The van der Waals surface area contributed by atoms with Gasteiger partial charge in [0.15, 0.2) is 17.5 Å². The summed E-state index contributed by atoms with van der Waals surface area (Å²) in [5, 5.41) is 8.16. The summed E-state index contributed by atoms with van der Waals surface area (Å²) in [4.78, 5) is 6.63. The second-order valence-electron chi connectivity index (χ2n) is 8.87. The molecule has 1 aromatic carbocycles. The molecule has 0 saturated heterocycles. The Balaban J connectivity index is 1.67. The molecule has 30 heavy (non-hydrogen) atoms. The van der Waals surface area contributed by atoms with Crippen molar-refractivity contribution in [1.82, 2.24) is 20.0 Å². The summed E-state index contributed by atoms with van der Waals surface area (Å²) in [6, 6.07) is 6.21. The highest BCUT2D eigenvalue weighted by Gasteiger charge is 2.24. The number of hydrogen-bond acceptors (Lipinski definition) is 4. The van der Waals surface area contributed by atoms with Gasteiger partial charge in [0.1, 0.15) is 13.2 Å². The van der Waals surface area contributed by atoms with Gasteiger partial charge in [-0.1, -0.05) is 33.8 Å². The molecule has 0 fully saturated rings. The lowest BCUT2D eigenvalue weighted by Gasteiger charge is -2.30. The standard InChI is InChI=1S/C23H35N5O2/c1-16(2)21-17(14-28(7)26-21)13-27(6)22(24-5)25-15-23(3,4)18-8-9-19-20(12-18)30-11-10-29-19/h8-9,12,14,16H,10-11,13,15H2,1-7H3,(H,24,25). The Hall–Kier alpha value is -2.70. The lowest BCUT2D eigenvalue weighted by atomic mass is 9.84. The quantitative estimate of drug-likeness (QED) is 0.582. The van der Waals surface area contributed by atoms with Crippen molar-refractivity contribution in [3.05, 3.63) is 41.2 Å². The summed E-state index contributed by atoms with van der Waals surface area (Å²) in [5.41, 5.74) is 3.46. The maximum Gasteiger partial charge on any atom is 0.193 e. The first kappa shape index (κ1) is 22.0. The van der Waals surface area contributed by atoms with Crippen molar-refractivity contribution in [2.45, 2.75) is 45.6 Å². The van der Waals surface area contributed by atoms with Crippen molar-refractivity contribution in [2.75, 3.05) is 33.9 Å². The fourth-order valence-electron chi connectivity index (χ4n) is 3.74. The molecule has 0 aliphatic carbocycles. The highest BCUT2D eigenvalue weighted by Crippen LogP contribution is 2.35. The van der Waals surface area contributed by atoms with E-state index in [0.717, 1.165) is 36.2 Å². The Kier molecular flexibility index (Phi) is 6.58. The molecule has 1 N–H and O–H groups in total. The molecule has 0 bridgehead atoms. The van der Waals surface area contributed by atoms with Crippen LogP contribution in [0.25, 0.3) is 0 Å². The van der Waals surface area contributed by atoms with Crippen LogP contribution in [0.15, 0.2) is 29.4 Å². The molecule has 0 saturated carbocycles. The van der Waals surface area contributed by atoms with E-state index in [1.807, 2.05) is 24.8 Å². The first-order chi connectivity index (χ1) is 14.2. The number of aliphatic imine (C=N–C) groups is 1. The molecule has 0 unspecified atom stereocenters. The van der Waals surface area contributed by atoms with Crippen molar-refractivity contribution >= 4 is 5.96 Å². The zero-order valence-electron chi connectivity index (χ0n) is 19.3. The van der Waals surface area contributed by atoms with Crippen LogP contribution >= 0.6 is 0 Å². The van der Waals surface area contributed by atoms with Crippen LogP contribution in [-0.2, 0) is 19.0 Å². The minimum absolute atomic E-state index is 0.107. The number of benzene rings is 1. The fraction of sp³-hybridized carbons (Fsp3) is 0.565. The van der Waals surface area contributed by atoms with E-state index in [2.05, 4.69) is 73.4 Å². The zero-order valence-corrected chi connectivity index (χ0v) is 19.3. The Morgan fingerprint density at radius 1 is 1.27 bits per heavy atom. The van der Waals surface area contributed by atoms with Gasteiger partial charge in [0.2, 0.25) is 0 Å². The molecule has 1 aliphatic rings. The molecule has 7 heteroatoms. The molecule has 164 valence electrons. The summed E-state index contributed by atoms with van der Waals surface area (Å²) in [5.74, 6) is 2.89. The largest absolute Gasteiger partial charge is 0.486 e.